The maximum Gasteiger partial charge on any atom is 0.104 e. The highest BCUT2D eigenvalue weighted by atomic mass is 33.1. The minimum Gasteiger partial charge on any atom is -0.367 e. The highest BCUT2D eigenvalue weighted by Gasteiger charge is 2.14. The van der Waals surface area contributed by atoms with Crippen molar-refractivity contribution in [1.29, 1.82) is 0 Å². The van der Waals surface area contributed by atoms with Crippen molar-refractivity contribution in [2.75, 3.05) is 5.94 Å². The molecule has 0 atom stereocenters. The minimum absolute atomic E-state index is 0.527. The molecule has 0 amide bonds. The Bertz CT molecular complexity index is 85.8. The molecule has 0 aliphatic heterocycles. The summed E-state index contributed by atoms with van der Waals surface area (Å²) >= 11 is 0. The van der Waals surface area contributed by atoms with Crippen molar-refractivity contribution in [3.63, 3.8) is 0 Å². The van der Waals surface area contributed by atoms with Crippen molar-refractivity contribution in [1.82, 2.24) is 0 Å². The standard InChI is InChI=1S/C6H13NOS2/c7-10-9-5-8-6-3-1-2-4-6/h6H,1-5,7H2. The number of nitrogens with two attached hydrogens (primary N) is 1. The van der Waals surface area contributed by atoms with Crippen molar-refractivity contribution in [3.8, 4) is 0 Å². The Morgan fingerprint density at radius 3 is 2.70 bits per heavy atom. The summed E-state index contributed by atoms with van der Waals surface area (Å²) in [6.45, 7) is 0. The molecular formula is C6H13NOS2. The molecule has 0 bridgehead atoms. The van der Waals surface area contributed by atoms with E-state index >= 15 is 0 Å². The van der Waals surface area contributed by atoms with E-state index in [2.05, 4.69) is 0 Å². The van der Waals surface area contributed by atoms with Crippen LogP contribution in [0.15, 0.2) is 0 Å². The first-order valence-electron chi connectivity index (χ1n) is 3.53. The van der Waals surface area contributed by atoms with Crippen LogP contribution in [0.25, 0.3) is 0 Å². The molecule has 0 heterocycles. The molecule has 0 spiro atoms. The highest BCUT2D eigenvalue weighted by Crippen LogP contribution is 2.23. The largest absolute Gasteiger partial charge is 0.367 e. The van der Waals surface area contributed by atoms with Gasteiger partial charge in [-0.15, -0.1) is 0 Å². The number of ether oxygens (including phenoxy) is 1. The van der Waals surface area contributed by atoms with Gasteiger partial charge in [0.1, 0.15) is 5.94 Å². The lowest BCUT2D eigenvalue weighted by atomic mass is 10.3. The smallest absolute Gasteiger partial charge is 0.104 e. The van der Waals surface area contributed by atoms with E-state index in [-0.39, 0.29) is 0 Å². The van der Waals surface area contributed by atoms with Crippen LogP contribution >= 0.6 is 21.8 Å². The first-order valence-corrected chi connectivity index (χ1v) is 5.91. The van der Waals surface area contributed by atoms with Gasteiger partial charge in [0.05, 0.1) is 6.10 Å². The summed E-state index contributed by atoms with van der Waals surface area (Å²) in [6, 6.07) is 0. The average Bonchev–Trinajstić information content (AvgIpc) is 2.41. The molecule has 0 aromatic rings. The zero-order chi connectivity index (χ0) is 7.23. The van der Waals surface area contributed by atoms with E-state index in [1.165, 1.54) is 36.7 Å². The number of hydrogen-bond donors (Lipinski definition) is 1. The average molecular weight is 179 g/mol. The molecule has 1 aliphatic rings. The van der Waals surface area contributed by atoms with E-state index < -0.39 is 0 Å². The lowest BCUT2D eigenvalue weighted by Crippen LogP contribution is -2.05. The van der Waals surface area contributed by atoms with E-state index in [0.717, 1.165) is 5.94 Å². The molecule has 0 unspecified atom stereocenters. The van der Waals surface area contributed by atoms with Crippen LogP contribution < -0.4 is 5.14 Å². The molecule has 2 N–H and O–H groups in total. The molecule has 0 aromatic heterocycles. The van der Waals surface area contributed by atoms with Gasteiger partial charge in [0, 0.05) is 0 Å². The first-order chi connectivity index (χ1) is 4.93. The monoisotopic (exact) mass is 179 g/mol. The molecule has 1 saturated carbocycles. The molecule has 0 aromatic carbocycles. The quantitative estimate of drug-likeness (QED) is 0.310. The molecular weight excluding hydrogens is 166 g/mol. The van der Waals surface area contributed by atoms with Gasteiger partial charge in [-0.05, 0) is 34.6 Å². The van der Waals surface area contributed by atoms with Gasteiger partial charge < -0.3 is 4.74 Å². The fraction of sp³-hybridized carbons (Fsp3) is 1.00. The minimum atomic E-state index is 0.527. The molecule has 0 saturated heterocycles. The summed E-state index contributed by atoms with van der Waals surface area (Å²) in [5, 5.41) is 5.21. The van der Waals surface area contributed by atoms with Gasteiger partial charge >= 0.3 is 0 Å². The van der Waals surface area contributed by atoms with Gasteiger partial charge in [-0.2, -0.15) is 0 Å². The summed E-state index contributed by atoms with van der Waals surface area (Å²) in [5.74, 6) is 0.742. The van der Waals surface area contributed by atoms with Crippen LogP contribution in [0.5, 0.6) is 0 Å². The van der Waals surface area contributed by atoms with Gasteiger partial charge in [0.2, 0.25) is 0 Å². The van der Waals surface area contributed by atoms with Crippen LogP contribution in [0.2, 0.25) is 0 Å². The fourth-order valence-corrected chi connectivity index (χ4v) is 1.84. The van der Waals surface area contributed by atoms with E-state index in [1.54, 1.807) is 10.8 Å². The van der Waals surface area contributed by atoms with Crippen LogP contribution in [0.1, 0.15) is 25.7 Å². The van der Waals surface area contributed by atoms with Crippen LogP contribution in [0.3, 0.4) is 0 Å². The Morgan fingerprint density at radius 2 is 2.10 bits per heavy atom. The fourth-order valence-electron chi connectivity index (χ4n) is 1.21. The van der Waals surface area contributed by atoms with Crippen molar-refractivity contribution in [2.45, 2.75) is 31.8 Å². The van der Waals surface area contributed by atoms with Crippen LogP contribution in [-0.4, -0.2) is 12.0 Å². The lowest BCUT2D eigenvalue weighted by molar-refractivity contribution is 0.0969. The molecule has 10 heavy (non-hydrogen) atoms. The molecule has 1 aliphatic carbocycles. The van der Waals surface area contributed by atoms with Crippen LogP contribution in [-0.2, 0) is 4.74 Å². The third-order valence-corrected chi connectivity index (χ3v) is 2.79. The van der Waals surface area contributed by atoms with Gasteiger partial charge in [-0.1, -0.05) is 12.8 Å². The summed E-state index contributed by atoms with van der Waals surface area (Å²) in [4.78, 5) is 0. The second-order valence-corrected chi connectivity index (χ2v) is 4.35. The molecule has 1 fully saturated rings. The summed E-state index contributed by atoms with van der Waals surface area (Å²) in [6.07, 6.45) is 5.70. The van der Waals surface area contributed by atoms with E-state index in [0.29, 0.717) is 6.10 Å². The van der Waals surface area contributed by atoms with E-state index in [9.17, 15) is 0 Å². The Morgan fingerprint density at radius 1 is 1.40 bits per heavy atom. The summed E-state index contributed by atoms with van der Waals surface area (Å²) < 4.78 is 5.51. The summed E-state index contributed by atoms with van der Waals surface area (Å²) in [7, 11) is 2.84. The van der Waals surface area contributed by atoms with E-state index in [1.807, 2.05) is 0 Å². The van der Waals surface area contributed by atoms with Crippen LogP contribution in [0.4, 0.5) is 0 Å². The zero-order valence-electron chi connectivity index (χ0n) is 5.91. The maximum atomic E-state index is 5.51. The Labute approximate surface area is 69.8 Å². The van der Waals surface area contributed by atoms with Crippen molar-refractivity contribution >= 4 is 21.8 Å². The highest BCUT2D eigenvalue weighted by molar-refractivity contribution is 8.75. The predicted octanol–water partition coefficient (Wildman–Crippen LogP) is 2.16. The SMILES string of the molecule is NSSCOC1CCCC1. The predicted molar refractivity (Wildman–Crippen MR) is 47.6 cm³/mol. The Hall–Kier alpha value is 0.620. The lowest BCUT2D eigenvalue weighted by Gasteiger charge is -2.08. The maximum absolute atomic E-state index is 5.51. The van der Waals surface area contributed by atoms with Crippen molar-refractivity contribution < 1.29 is 4.74 Å². The topological polar surface area (TPSA) is 35.2 Å². The molecule has 0 radical (unpaired) electrons. The summed E-state index contributed by atoms with van der Waals surface area (Å²) in [5.41, 5.74) is 0. The van der Waals surface area contributed by atoms with E-state index in [4.69, 9.17) is 9.88 Å². The van der Waals surface area contributed by atoms with Gasteiger partial charge in [0.15, 0.2) is 0 Å². The second kappa shape index (κ2) is 5.29. The van der Waals surface area contributed by atoms with Gasteiger partial charge in [0.25, 0.3) is 0 Å². The van der Waals surface area contributed by atoms with Gasteiger partial charge in [-0.3, -0.25) is 5.14 Å². The molecule has 2 nitrogen and oxygen atoms in total. The third-order valence-electron chi connectivity index (χ3n) is 1.72. The molecule has 1 rings (SSSR count). The Balaban J connectivity index is 1.91. The van der Waals surface area contributed by atoms with Crippen molar-refractivity contribution in [2.24, 2.45) is 5.14 Å². The molecule has 60 valence electrons. The number of hydrogen-bond acceptors (Lipinski definition) is 4. The zero-order valence-corrected chi connectivity index (χ0v) is 7.55. The van der Waals surface area contributed by atoms with Crippen LogP contribution in [0, 0.1) is 0 Å². The molecule has 4 heteroatoms. The normalized spacial score (nSPS) is 20.1. The third kappa shape index (κ3) is 3.14. The number of rotatable bonds is 4. The van der Waals surface area contributed by atoms with Gasteiger partial charge in [-0.25, -0.2) is 0 Å². The Kier molecular flexibility index (Phi) is 4.61. The first kappa shape index (κ1) is 8.71. The second-order valence-electron chi connectivity index (χ2n) is 2.41. The van der Waals surface area contributed by atoms with Crippen molar-refractivity contribution in [3.05, 3.63) is 0 Å².